The van der Waals surface area contributed by atoms with Crippen molar-refractivity contribution in [1.82, 2.24) is 4.90 Å². The van der Waals surface area contributed by atoms with Crippen LogP contribution in [0.4, 0.5) is 4.39 Å². The highest BCUT2D eigenvalue weighted by atomic mass is 19.1. The lowest BCUT2D eigenvalue weighted by Crippen LogP contribution is -2.32. The molecule has 0 aliphatic heterocycles. The number of nitrogens with zero attached hydrogens (tertiary/aromatic N) is 1. The van der Waals surface area contributed by atoms with E-state index in [9.17, 15) is 14.3 Å². The van der Waals surface area contributed by atoms with Crippen LogP contribution in [-0.4, -0.2) is 29.1 Å². The maximum Gasteiger partial charge on any atom is 0.219 e. The van der Waals surface area contributed by atoms with Crippen LogP contribution in [0.25, 0.3) is 11.1 Å². The molecule has 0 aromatic heterocycles. The van der Waals surface area contributed by atoms with E-state index in [1.165, 1.54) is 19.1 Å². The monoisotopic (exact) mass is 379 g/mol. The van der Waals surface area contributed by atoms with Crippen molar-refractivity contribution in [1.29, 1.82) is 0 Å². The Hall–Kier alpha value is -3.34. The molecule has 0 saturated heterocycles. The minimum absolute atomic E-state index is 0.0875. The van der Waals surface area contributed by atoms with Crippen LogP contribution in [0.1, 0.15) is 12.5 Å². The Morgan fingerprint density at radius 1 is 1.00 bits per heavy atom. The van der Waals surface area contributed by atoms with Crippen molar-refractivity contribution in [2.45, 2.75) is 13.5 Å². The first-order valence-electron chi connectivity index (χ1n) is 9.03. The van der Waals surface area contributed by atoms with E-state index in [1.54, 1.807) is 29.2 Å². The van der Waals surface area contributed by atoms with Gasteiger partial charge in [0.1, 0.15) is 23.9 Å². The van der Waals surface area contributed by atoms with Crippen molar-refractivity contribution in [2.24, 2.45) is 0 Å². The van der Waals surface area contributed by atoms with E-state index in [2.05, 4.69) is 0 Å². The number of halogens is 1. The third-order valence-corrected chi connectivity index (χ3v) is 4.39. The summed E-state index contributed by atoms with van der Waals surface area (Å²) >= 11 is 0. The van der Waals surface area contributed by atoms with Gasteiger partial charge in [0.2, 0.25) is 5.91 Å². The molecule has 1 amide bonds. The van der Waals surface area contributed by atoms with Gasteiger partial charge in [-0.25, -0.2) is 4.39 Å². The smallest absolute Gasteiger partial charge is 0.219 e. The number of benzene rings is 3. The van der Waals surface area contributed by atoms with Crippen molar-refractivity contribution >= 4 is 5.91 Å². The number of amides is 1. The van der Waals surface area contributed by atoms with Gasteiger partial charge in [-0.15, -0.1) is 0 Å². The van der Waals surface area contributed by atoms with Crippen LogP contribution in [-0.2, 0) is 11.3 Å². The van der Waals surface area contributed by atoms with Gasteiger partial charge in [0, 0.05) is 13.5 Å². The summed E-state index contributed by atoms with van der Waals surface area (Å²) in [7, 11) is 0. The van der Waals surface area contributed by atoms with Gasteiger partial charge in [-0.1, -0.05) is 36.4 Å². The molecule has 0 aliphatic rings. The number of ether oxygens (including phenoxy) is 1. The molecule has 144 valence electrons. The Labute approximate surface area is 163 Å². The van der Waals surface area contributed by atoms with Crippen molar-refractivity contribution in [3.63, 3.8) is 0 Å². The summed E-state index contributed by atoms with van der Waals surface area (Å²) in [5, 5.41) is 9.37. The molecule has 1 N–H and O–H groups in total. The zero-order valence-corrected chi connectivity index (χ0v) is 15.6. The highest BCUT2D eigenvalue weighted by Crippen LogP contribution is 2.24. The standard InChI is InChI=1S/C23H22FNO3/c1-17(26)25(16-18-3-2-4-21(24)15-18)13-14-28-23-11-7-20(8-12-23)19-5-9-22(27)10-6-19/h2-12,15,27H,13-14,16H2,1H3. The third kappa shape index (κ3) is 5.33. The first kappa shape index (κ1) is 19.4. The normalized spacial score (nSPS) is 10.5. The summed E-state index contributed by atoms with van der Waals surface area (Å²) < 4.78 is 19.1. The third-order valence-electron chi connectivity index (χ3n) is 4.39. The number of hydrogen-bond donors (Lipinski definition) is 1. The Morgan fingerprint density at radius 2 is 1.64 bits per heavy atom. The highest BCUT2D eigenvalue weighted by Gasteiger charge is 2.10. The number of carbonyl (C=O) groups excluding carboxylic acids is 1. The Kier molecular flexibility index (Phi) is 6.27. The zero-order chi connectivity index (χ0) is 19.9. The molecular formula is C23H22FNO3. The molecule has 0 atom stereocenters. The minimum Gasteiger partial charge on any atom is -0.508 e. The van der Waals surface area contributed by atoms with Crippen LogP contribution in [0.5, 0.6) is 11.5 Å². The average Bonchev–Trinajstić information content (AvgIpc) is 2.68. The van der Waals surface area contributed by atoms with Gasteiger partial charge < -0.3 is 14.7 Å². The van der Waals surface area contributed by atoms with Crippen molar-refractivity contribution < 1.29 is 19.0 Å². The molecule has 3 aromatic carbocycles. The maximum atomic E-state index is 13.3. The SMILES string of the molecule is CC(=O)N(CCOc1ccc(-c2ccc(O)cc2)cc1)Cc1cccc(F)c1. The van der Waals surface area contributed by atoms with Crippen molar-refractivity contribution in [3.05, 3.63) is 84.2 Å². The summed E-state index contributed by atoms with van der Waals surface area (Å²) in [6.07, 6.45) is 0. The number of phenolic OH excluding ortho intramolecular Hbond substituents is 1. The van der Waals surface area contributed by atoms with Gasteiger partial charge >= 0.3 is 0 Å². The largest absolute Gasteiger partial charge is 0.508 e. The molecule has 0 heterocycles. The van der Waals surface area contributed by atoms with E-state index in [-0.39, 0.29) is 17.5 Å². The quantitative estimate of drug-likeness (QED) is 0.651. The number of carbonyl (C=O) groups is 1. The van der Waals surface area contributed by atoms with Crippen LogP contribution in [0.2, 0.25) is 0 Å². The molecule has 0 spiro atoms. The van der Waals surface area contributed by atoms with E-state index in [0.29, 0.717) is 25.4 Å². The lowest BCUT2D eigenvalue weighted by molar-refractivity contribution is -0.129. The summed E-state index contributed by atoms with van der Waals surface area (Å²) in [6, 6.07) is 20.9. The maximum absolute atomic E-state index is 13.3. The summed E-state index contributed by atoms with van der Waals surface area (Å²) in [6.45, 7) is 2.58. The lowest BCUT2D eigenvalue weighted by atomic mass is 10.1. The molecule has 0 aliphatic carbocycles. The molecule has 28 heavy (non-hydrogen) atoms. The molecule has 4 nitrogen and oxygen atoms in total. The fourth-order valence-corrected chi connectivity index (χ4v) is 2.87. The minimum atomic E-state index is -0.314. The first-order valence-corrected chi connectivity index (χ1v) is 9.03. The van der Waals surface area contributed by atoms with Crippen molar-refractivity contribution in [3.8, 4) is 22.6 Å². The molecule has 0 saturated carbocycles. The molecule has 0 radical (unpaired) electrons. The van der Waals surface area contributed by atoms with Crippen LogP contribution in [0.3, 0.4) is 0 Å². The Morgan fingerprint density at radius 3 is 2.25 bits per heavy atom. The van der Waals surface area contributed by atoms with Gasteiger partial charge in [0.15, 0.2) is 0 Å². The summed E-state index contributed by atoms with van der Waals surface area (Å²) in [5.41, 5.74) is 2.76. The second kappa shape index (κ2) is 9.04. The second-order valence-electron chi connectivity index (χ2n) is 6.49. The second-order valence-corrected chi connectivity index (χ2v) is 6.49. The molecule has 0 fully saturated rings. The predicted molar refractivity (Wildman–Crippen MR) is 107 cm³/mol. The van der Waals surface area contributed by atoms with Crippen molar-refractivity contribution in [2.75, 3.05) is 13.2 Å². The number of aromatic hydroxyl groups is 1. The lowest BCUT2D eigenvalue weighted by Gasteiger charge is -2.21. The fraction of sp³-hybridized carbons (Fsp3) is 0.174. The van der Waals surface area contributed by atoms with Crippen LogP contribution < -0.4 is 4.74 Å². The Bertz CT molecular complexity index is 923. The molecular weight excluding hydrogens is 357 g/mol. The number of phenols is 1. The van der Waals surface area contributed by atoms with E-state index < -0.39 is 0 Å². The van der Waals surface area contributed by atoms with Gasteiger partial charge in [-0.3, -0.25) is 4.79 Å². The summed E-state index contributed by atoms with van der Waals surface area (Å²) in [4.78, 5) is 13.5. The zero-order valence-electron chi connectivity index (χ0n) is 15.6. The van der Waals surface area contributed by atoms with E-state index in [0.717, 1.165) is 16.7 Å². The van der Waals surface area contributed by atoms with Gasteiger partial charge in [0.25, 0.3) is 0 Å². The van der Waals surface area contributed by atoms with Crippen LogP contribution in [0, 0.1) is 5.82 Å². The van der Waals surface area contributed by atoms with Gasteiger partial charge in [-0.05, 0) is 53.1 Å². The molecule has 0 bridgehead atoms. The van der Waals surface area contributed by atoms with Crippen LogP contribution in [0.15, 0.2) is 72.8 Å². The number of rotatable bonds is 7. The fourth-order valence-electron chi connectivity index (χ4n) is 2.87. The van der Waals surface area contributed by atoms with Gasteiger partial charge in [-0.2, -0.15) is 0 Å². The van der Waals surface area contributed by atoms with Crippen LogP contribution >= 0.6 is 0 Å². The molecule has 3 aromatic rings. The summed E-state index contributed by atoms with van der Waals surface area (Å²) in [5.74, 6) is 0.537. The Balaban J connectivity index is 1.55. The first-order chi connectivity index (χ1) is 13.5. The van der Waals surface area contributed by atoms with E-state index in [4.69, 9.17) is 4.74 Å². The van der Waals surface area contributed by atoms with Gasteiger partial charge in [0.05, 0.1) is 6.54 Å². The van der Waals surface area contributed by atoms with E-state index in [1.807, 2.05) is 36.4 Å². The topological polar surface area (TPSA) is 49.8 Å². The number of hydrogen-bond acceptors (Lipinski definition) is 3. The average molecular weight is 379 g/mol. The molecule has 0 unspecified atom stereocenters. The molecule has 3 rings (SSSR count). The predicted octanol–water partition coefficient (Wildman–Crippen LogP) is 4.63. The molecule has 5 heteroatoms. The highest BCUT2D eigenvalue weighted by molar-refractivity contribution is 5.73. The van der Waals surface area contributed by atoms with E-state index >= 15 is 0 Å².